The standard InChI is InChI=1S/C8H6BF4O/c1-5(14)6-2-3-8(10)7(4-6)9(11,12)13/h2-4H,1H3/q-1. The van der Waals surface area contributed by atoms with Crippen LogP contribution in [-0.4, -0.2) is 12.8 Å². The molecule has 0 saturated heterocycles. The summed E-state index contributed by atoms with van der Waals surface area (Å²) in [7, 11) is 0. The Hall–Kier alpha value is -1.33. The number of carbonyl (C=O) groups excluding carboxylic acids is 1. The van der Waals surface area contributed by atoms with E-state index in [-0.39, 0.29) is 5.56 Å². The summed E-state index contributed by atoms with van der Waals surface area (Å²) in [5, 5.41) is 0. The van der Waals surface area contributed by atoms with E-state index < -0.39 is 24.0 Å². The third-order valence-corrected chi connectivity index (χ3v) is 1.76. The first-order valence-electron chi connectivity index (χ1n) is 3.82. The highest BCUT2D eigenvalue weighted by Crippen LogP contribution is 2.13. The zero-order valence-corrected chi connectivity index (χ0v) is 7.23. The van der Waals surface area contributed by atoms with Gasteiger partial charge < -0.3 is 12.9 Å². The highest BCUT2D eigenvalue weighted by molar-refractivity contribution is 6.73. The number of hydrogen-bond donors (Lipinski definition) is 0. The smallest absolute Gasteiger partial charge is 0.445 e. The van der Waals surface area contributed by atoms with Gasteiger partial charge in [0, 0.05) is 5.56 Å². The number of hydrogen-bond acceptors (Lipinski definition) is 1. The molecule has 1 aromatic rings. The van der Waals surface area contributed by atoms with Gasteiger partial charge in [0.1, 0.15) is 0 Å². The van der Waals surface area contributed by atoms with Crippen LogP contribution >= 0.6 is 0 Å². The molecule has 1 aromatic carbocycles. The molecule has 0 fully saturated rings. The van der Waals surface area contributed by atoms with E-state index in [9.17, 15) is 22.1 Å². The van der Waals surface area contributed by atoms with Gasteiger partial charge in [0.2, 0.25) is 0 Å². The zero-order valence-electron chi connectivity index (χ0n) is 7.23. The molecule has 0 bridgehead atoms. The van der Waals surface area contributed by atoms with Gasteiger partial charge in [0.15, 0.2) is 5.78 Å². The van der Waals surface area contributed by atoms with Crippen molar-refractivity contribution in [2.45, 2.75) is 6.92 Å². The van der Waals surface area contributed by atoms with Crippen LogP contribution in [0.15, 0.2) is 18.2 Å². The first-order chi connectivity index (χ1) is 6.32. The Bertz CT molecular complexity index is 372. The summed E-state index contributed by atoms with van der Waals surface area (Å²) in [6, 6.07) is 2.22. The quantitative estimate of drug-likeness (QED) is 0.410. The average molecular weight is 205 g/mol. The van der Waals surface area contributed by atoms with Crippen molar-refractivity contribution < 1.29 is 22.1 Å². The van der Waals surface area contributed by atoms with Crippen LogP contribution in [0, 0.1) is 5.82 Å². The van der Waals surface area contributed by atoms with E-state index in [2.05, 4.69) is 0 Å². The Kier molecular flexibility index (Phi) is 2.64. The largest absolute Gasteiger partial charge is 0.512 e. The van der Waals surface area contributed by atoms with Crippen LogP contribution in [0.5, 0.6) is 0 Å². The Labute approximate surface area is 77.8 Å². The van der Waals surface area contributed by atoms with Crippen molar-refractivity contribution in [3.8, 4) is 0 Å². The minimum atomic E-state index is -5.40. The lowest BCUT2D eigenvalue weighted by atomic mass is 9.78. The summed E-state index contributed by atoms with van der Waals surface area (Å²) in [6.45, 7) is -4.28. The van der Waals surface area contributed by atoms with Crippen LogP contribution in [0.25, 0.3) is 0 Å². The number of benzene rings is 1. The third kappa shape index (κ3) is 2.13. The molecule has 0 aliphatic heterocycles. The van der Waals surface area contributed by atoms with Crippen molar-refractivity contribution >= 4 is 18.2 Å². The molecule has 76 valence electrons. The molecule has 1 rings (SSSR count). The van der Waals surface area contributed by atoms with Gasteiger partial charge >= 0.3 is 6.98 Å². The lowest BCUT2D eigenvalue weighted by Crippen LogP contribution is -2.37. The first-order valence-corrected chi connectivity index (χ1v) is 3.82. The molecule has 0 aliphatic rings. The van der Waals surface area contributed by atoms with Crippen LogP contribution in [0.1, 0.15) is 17.3 Å². The molecule has 0 aromatic heterocycles. The van der Waals surface area contributed by atoms with Crippen LogP contribution in [0.2, 0.25) is 0 Å². The summed E-state index contributed by atoms with van der Waals surface area (Å²) in [5.41, 5.74) is -1.49. The fourth-order valence-corrected chi connectivity index (χ4v) is 1.01. The lowest BCUT2D eigenvalue weighted by molar-refractivity contribution is 0.101. The number of carbonyl (C=O) groups is 1. The van der Waals surface area contributed by atoms with Crippen molar-refractivity contribution in [1.82, 2.24) is 0 Å². The Balaban J connectivity index is 3.29. The zero-order chi connectivity index (χ0) is 10.9. The minimum absolute atomic E-state index is 0.138. The molecule has 0 saturated carbocycles. The molecule has 14 heavy (non-hydrogen) atoms. The molecule has 0 atom stereocenters. The second-order valence-electron chi connectivity index (χ2n) is 2.87. The monoisotopic (exact) mass is 205 g/mol. The highest BCUT2D eigenvalue weighted by Gasteiger charge is 2.29. The molecular weight excluding hydrogens is 199 g/mol. The van der Waals surface area contributed by atoms with Gasteiger partial charge in [-0.1, -0.05) is 11.5 Å². The lowest BCUT2D eigenvalue weighted by Gasteiger charge is -2.16. The van der Waals surface area contributed by atoms with Crippen LogP contribution in [-0.2, 0) is 0 Å². The summed E-state index contributed by atoms with van der Waals surface area (Å²) >= 11 is 0. The topological polar surface area (TPSA) is 17.1 Å². The van der Waals surface area contributed by atoms with E-state index in [1.807, 2.05) is 0 Å². The average Bonchev–Trinajstić information content (AvgIpc) is 2.02. The maximum atomic E-state index is 12.7. The van der Waals surface area contributed by atoms with Gasteiger partial charge in [-0.2, -0.15) is 0 Å². The van der Waals surface area contributed by atoms with Crippen molar-refractivity contribution in [3.63, 3.8) is 0 Å². The van der Waals surface area contributed by atoms with Crippen molar-refractivity contribution in [1.29, 1.82) is 0 Å². The van der Waals surface area contributed by atoms with Gasteiger partial charge in [-0.15, -0.1) is 0 Å². The van der Waals surface area contributed by atoms with Crippen molar-refractivity contribution in [2.75, 3.05) is 0 Å². The molecule has 0 spiro atoms. The summed E-state index contributed by atoms with van der Waals surface area (Å²) < 4.78 is 49.3. The van der Waals surface area contributed by atoms with E-state index >= 15 is 0 Å². The molecule has 0 N–H and O–H groups in total. The summed E-state index contributed by atoms with van der Waals surface area (Å²) in [4.78, 5) is 10.8. The van der Waals surface area contributed by atoms with E-state index in [1.165, 1.54) is 0 Å². The van der Waals surface area contributed by atoms with E-state index in [0.29, 0.717) is 12.1 Å². The van der Waals surface area contributed by atoms with Crippen LogP contribution in [0.4, 0.5) is 17.3 Å². The SMILES string of the molecule is CC(=O)c1ccc(F)c([B-](F)(F)F)c1. The van der Waals surface area contributed by atoms with Gasteiger partial charge in [0.25, 0.3) is 0 Å². The van der Waals surface area contributed by atoms with E-state index in [1.54, 1.807) is 0 Å². The fraction of sp³-hybridized carbons (Fsp3) is 0.125. The number of Topliss-reactive ketones (excluding diaryl/α,β-unsaturated/α-hetero) is 1. The Morgan fingerprint density at radius 3 is 2.29 bits per heavy atom. The predicted molar refractivity (Wildman–Crippen MR) is 45.1 cm³/mol. The van der Waals surface area contributed by atoms with Crippen LogP contribution < -0.4 is 5.46 Å². The van der Waals surface area contributed by atoms with Gasteiger partial charge in [0.05, 0.1) is 5.82 Å². The van der Waals surface area contributed by atoms with Crippen molar-refractivity contribution in [2.24, 2.45) is 0 Å². The molecule has 0 radical (unpaired) electrons. The number of ketones is 1. The minimum Gasteiger partial charge on any atom is -0.445 e. The molecule has 6 heteroatoms. The summed E-state index contributed by atoms with van der Waals surface area (Å²) in [5.74, 6) is -1.87. The molecule has 0 unspecified atom stereocenters. The van der Waals surface area contributed by atoms with E-state index in [4.69, 9.17) is 0 Å². The predicted octanol–water partition coefficient (Wildman–Crippen LogP) is 2.08. The normalized spacial score (nSPS) is 11.5. The maximum absolute atomic E-state index is 12.7. The Morgan fingerprint density at radius 1 is 1.29 bits per heavy atom. The third-order valence-electron chi connectivity index (χ3n) is 1.76. The summed E-state index contributed by atoms with van der Waals surface area (Å²) in [6.07, 6.45) is 0. The molecule has 0 amide bonds. The van der Waals surface area contributed by atoms with Crippen LogP contribution in [0.3, 0.4) is 0 Å². The maximum Gasteiger partial charge on any atom is 0.512 e. The van der Waals surface area contributed by atoms with Crippen molar-refractivity contribution in [3.05, 3.63) is 29.6 Å². The van der Waals surface area contributed by atoms with Gasteiger partial charge in [-0.25, -0.2) is 4.39 Å². The first kappa shape index (κ1) is 10.8. The number of halogens is 4. The van der Waals surface area contributed by atoms with Gasteiger partial charge in [-0.3, -0.25) is 4.79 Å². The fourth-order valence-electron chi connectivity index (χ4n) is 1.01. The molecular formula is C8H6BF4O-. The second-order valence-corrected chi connectivity index (χ2v) is 2.87. The van der Waals surface area contributed by atoms with Gasteiger partial charge in [-0.05, 0) is 19.1 Å². The Morgan fingerprint density at radius 2 is 1.86 bits per heavy atom. The molecule has 1 nitrogen and oxygen atoms in total. The molecule has 0 heterocycles. The highest BCUT2D eigenvalue weighted by atomic mass is 19.4. The molecule has 0 aliphatic carbocycles. The number of rotatable bonds is 2. The van der Waals surface area contributed by atoms with E-state index in [0.717, 1.165) is 13.0 Å². The second kappa shape index (κ2) is 3.44.